The molecule has 140 valence electrons. The molecule has 3 aliphatic rings. The number of hydrogen-bond donors (Lipinski definition) is 2. The number of nitrogens with one attached hydrogen (secondary N) is 1. The normalized spacial score (nSPS) is 30.6. The number of carbonyl (C=O) groups is 2. The molecule has 1 aromatic rings. The lowest BCUT2D eigenvalue weighted by Crippen LogP contribution is -2.64. The van der Waals surface area contributed by atoms with Gasteiger partial charge < -0.3 is 15.3 Å². The number of hydrogen-bond acceptors (Lipinski definition) is 3. The van der Waals surface area contributed by atoms with Gasteiger partial charge in [0.1, 0.15) is 0 Å². The van der Waals surface area contributed by atoms with Gasteiger partial charge in [-0.2, -0.15) is 0 Å². The van der Waals surface area contributed by atoms with Crippen LogP contribution in [0, 0.1) is 5.41 Å². The largest absolute Gasteiger partial charge is 0.392 e. The Balaban J connectivity index is 1.61. The van der Waals surface area contributed by atoms with E-state index in [2.05, 4.69) is 5.32 Å². The Morgan fingerprint density at radius 2 is 1.92 bits per heavy atom. The average molecular weight is 377 g/mol. The molecule has 2 N–H and O–H groups in total. The summed E-state index contributed by atoms with van der Waals surface area (Å²) in [6.07, 6.45) is 3.92. The molecular weight excluding hydrogens is 352 g/mol. The number of piperidine rings is 2. The topological polar surface area (TPSA) is 69.6 Å². The van der Waals surface area contributed by atoms with Gasteiger partial charge in [-0.25, -0.2) is 0 Å². The summed E-state index contributed by atoms with van der Waals surface area (Å²) in [5, 5.41) is 14.1. The van der Waals surface area contributed by atoms with Crippen LogP contribution in [0.3, 0.4) is 0 Å². The van der Waals surface area contributed by atoms with Gasteiger partial charge in [-0.1, -0.05) is 30.2 Å². The van der Waals surface area contributed by atoms with Crippen LogP contribution in [0.1, 0.15) is 44.1 Å². The molecule has 2 amide bonds. The van der Waals surface area contributed by atoms with Gasteiger partial charge in [-0.05, 0) is 49.8 Å². The molecule has 2 aliphatic heterocycles. The second-order valence-corrected chi connectivity index (χ2v) is 8.43. The number of carbonyl (C=O) groups excluding carboxylic acids is 2. The minimum atomic E-state index is -0.850. The van der Waals surface area contributed by atoms with E-state index < -0.39 is 16.9 Å². The van der Waals surface area contributed by atoms with Crippen molar-refractivity contribution < 1.29 is 14.7 Å². The van der Waals surface area contributed by atoms with Gasteiger partial charge in [0.05, 0.1) is 16.9 Å². The Morgan fingerprint density at radius 3 is 2.54 bits per heavy atom. The highest BCUT2D eigenvalue weighted by Crippen LogP contribution is 2.47. The Bertz CT molecular complexity index is 716. The molecular formula is C20H25ClN2O3. The van der Waals surface area contributed by atoms with E-state index in [1.807, 2.05) is 29.2 Å². The highest BCUT2D eigenvalue weighted by Gasteiger charge is 2.54. The van der Waals surface area contributed by atoms with E-state index in [1.54, 1.807) is 0 Å². The predicted molar refractivity (Wildman–Crippen MR) is 98.9 cm³/mol. The quantitative estimate of drug-likeness (QED) is 0.831. The first-order valence-electron chi connectivity index (χ1n) is 9.50. The molecule has 0 aromatic heterocycles. The molecule has 3 fully saturated rings. The molecule has 1 saturated carbocycles. The van der Waals surface area contributed by atoms with Crippen molar-refractivity contribution in [1.82, 2.24) is 10.2 Å². The zero-order chi connectivity index (χ0) is 18.4. The number of nitrogens with zero attached hydrogens (tertiary/aromatic N) is 1. The Labute approximate surface area is 158 Å². The van der Waals surface area contributed by atoms with Crippen LogP contribution in [-0.2, 0) is 15.0 Å². The van der Waals surface area contributed by atoms with Crippen molar-refractivity contribution >= 4 is 23.4 Å². The molecule has 1 aromatic carbocycles. The van der Waals surface area contributed by atoms with Crippen molar-refractivity contribution in [2.75, 3.05) is 19.6 Å². The van der Waals surface area contributed by atoms with E-state index in [1.165, 1.54) is 0 Å². The number of aliphatic hydroxyl groups excluding tert-OH is 1. The fourth-order valence-electron chi connectivity index (χ4n) is 4.84. The van der Waals surface area contributed by atoms with Crippen LogP contribution < -0.4 is 5.32 Å². The zero-order valence-corrected chi connectivity index (χ0v) is 15.6. The van der Waals surface area contributed by atoms with Crippen molar-refractivity contribution in [3.63, 3.8) is 0 Å². The first-order valence-corrected chi connectivity index (χ1v) is 9.88. The highest BCUT2D eigenvalue weighted by molar-refractivity contribution is 6.30. The van der Waals surface area contributed by atoms with E-state index in [9.17, 15) is 14.7 Å². The summed E-state index contributed by atoms with van der Waals surface area (Å²) in [6.45, 7) is 1.47. The fraction of sp³-hybridized carbons (Fsp3) is 0.600. The minimum Gasteiger partial charge on any atom is -0.392 e. The molecule has 0 bridgehead atoms. The van der Waals surface area contributed by atoms with Gasteiger partial charge >= 0.3 is 0 Å². The summed E-state index contributed by atoms with van der Waals surface area (Å²) in [5.41, 5.74) is -0.345. The fourth-order valence-corrected chi connectivity index (χ4v) is 4.97. The number of benzene rings is 1. The average Bonchev–Trinajstić information content (AvgIpc) is 2.60. The van der Waals surface area contributed by atoms with Crippen LogP contribution in [0.15, 0.2) is 24.3 Å². The lowest BCUT2D eigenvalue weighted by Gasteiger charge is -2.50. The molecule has 2 atom stereocenters. The third-order valence-corrected chi connectivity index (χ3v) is 6.87. The van der Waals surface area contributed by atoms with Crippen molar-refractivity contribution in [2.24, 2.45) is 5.41 Å². The van der Waals surface area contributed by atoms with E-state index in [4.69, 9.17) is 11.6 Å². The molecule has 2 saturated heterocycles. The van der Waals surface area contributed by atoms with Crippen molar-refractivity contribution in [1.29, 1.82) is 0 Å². The number of halogens is 1. The van der Waals surface area contributed by atoms with Gasteiger partial charge in [-0.15, -0.1) is 0 Å². The third-order valence-electron chi connectivity index (χ3n) is 6.62. The van der Waals surface area contributed by atoms with E-state index in [-0.39, 0.29) is 11.8 Å². The molecule has 6 heteroatoms. The molecule has 1 aliphatic carbocycles. The van der Waals surface area contributed by atoms with Gasteiger partial charge in [0.25, 0.3) is 0 Å². The summed E-state index contributed by atoms with van der Waals surface area (Å²) in [7, 11) is 0. The van der Waals surface area contributed by atoms with E-state index >= 15 is 0 Å². The molecule has 0 radical (unpaired) electrons. The summed E-state index contributed by atoms with van der Waals surface area (Å²) >= 11 is 6.01. The first-order chi connectivity index (χ1) is 12.5. The molecule has 2 heterocycles. The van der Waals surface area contributed by atoms with E-state index in [0.717, 1.165) is 31.2 Å². The predicted octanol–water partition coefficient (Wildman–Crippen LogP) is 2.25. The molecule has 4 rings (SSSR count). The zero-order valence-electron chi connectivity index (χ0n) is 14.8. The molecule has 1 spiro atoms. The van der Waals surface area contributed by atoms with Gasteiger partial charge in [0, 0.05) is 24.7 Å². The maximum Gasteiger partial charge on any atom is 0.233 e. The van der Waals surface area contributed by atoms with E-state index in [0.29, 0.717) is 37.5 Å². The maximum atomic E-state index is 13.5. The highest BCUT2D eigenvalue weighted by atomic mass is 35.5. The Kier molecular flexibility index (Phi) is 4.48. The van der Waals surface area contributed by atoms with Gasteiger partial charge in [-0.3, -0.25) is 9.59 Å². The summed E-state index contributed by atoms with van der Waals surface area (Å²) in [5.74, 6) is -0.0152. The molecule has 0 unspecified atom stereocenters. The lowest BCUT2D eigenvalue weighted by molar-refractivity contribution is -0.159. The summed E-state index contributed by atoms with van der Waals surface area (Å²) in [4.78, 5) is 27.9. The first kappa shape index (κ1) is 17.8. The van der Waals surface area contributed by atoms with Crippen LogP contribution >= 0.6 is 11.6 Å². The Hall–Kier alpha value is -1.59. The summed E-state index contributed by atoms with van der Waals surface area (Å²) in [6, 6.07) is 7.56. The van der Waals surface area contributed by atoms with Crippen molar-refractivity contribution in [3.05, 3.63) is 34.9 Å². The number of rotatable bonds is 2. The number of amides is 2. The number of likely N-dealkylation sites (tertiary alicyclic amines) is 1. The van der Waals surface area contributed by atoms with Crippen LogP contribution in [0.2, 0.25) is 5.02 Å². The van der Waals surface area contributed by atoms with Gasteiger partial charge in [0.15, 0.2) is 0 Å². The van der Waals surface area contributed by atoms with Crippen molar-refractivity contribution in [3.8, 4) is 0 Å². The standard InChI is InChI=1S/C20H25ClN2O3/c21-15-5-3-14(4-6-15)19(8-1-9-19)18(26)23-12-7-16(24)20(13-23)10-2-11-22-17(20)25/h3-6,16,24H,1-2,7-13H2,(H,22,25)/t16-,20+/m0/s1. The molecule has 26 heavy (non-hydrogen) atoms. The van der Waals surface area contributed by atoms with Crippen molar-refractivity contribution in [2.45, 2.75) is 50.0 Å². The van der Waals surface area contributed by atoms with Crippen LogP contribution in [0.4, 0.5) is 0 Å². The van der Waals surface area contributed by atoms with Crippen LogP contribution in [0.5, 0.6) is 0 Å². The maximum absolute atomic E-state index is 13.5. The van der Waals surface area contributed by atoms with Crippen LogP contribution in [-0.4, -0.2) is 47.6 Å². The second-order valence-electron chi connectivity index (χ2n) is 7.99. The monoisotopic (exact) mass is 376 g/mol. The summed E-state index contributed by atoms with van der Waals surface area (Å²) < 4.78 is 0. The smallest absolute Gasteiger partial charge is 0.233 e. The number of aliphatic hydroxyl groups is 1. The SMILES string of the molecule is O=C(N1CC[C@H](O)[C@@]2(CCCNC2=O)C1)C1(c2ccc(Cl)cc2)CCC1. The lowest BCUT2D eigenvalue weighted by atomic mass is 9.62. The van der Waals surface area contributed by atoms with Gasteiger partial charge in [0.2, 0.25) is 11.8 Å². The molecule has 5 nitrogen and oxygen atoms in total. The third kappa shape index (κ3) is 2.64. The second kappa shape index (κ2) is 6.54. The van der Waals surface area contributed by atoms with Crippen LogP contribution in [0.25, 0.3) is 0 Å². The Morgan fingerprint density at radius 1 is 1.19 bits per heavy atom. The minimum absolute atomic E-state index is 0.0933.